The molecule has 0 heterocycles. The maximum absolute atomic E-state index is 11.3. The molecule has 1 amide bonds. The fraction of sp³-hybridized carbons (Fsp3) is 0.600. The third-order valence-electron chi connectivity index (χ3n) is 2.25. The number of esters is 1. The molecule has 4 nitrogen and oxygen atoms in total. The molecule has 1 aliphatic rings. The lowest BCUT2D eigenvalue weighted by Crippen LogP contribution is -2.41. The molecular weight excluding hydrogens is 182 g/mol. The topological polar surface area (TPSA) is 55.4 Å². The Morgan fingerprint density at radius 1 is 1.64 bits per heavy atom. The van der Waals surface area contributed by atoms with E-state index in [1.807, 2.05) is 0 Å². The summed E-state index contributed by atoms with van der Waals surface area (Å²) in [6, 6.07) is -0.516. The summed E-state index contributed by atoms with van der Waals surface area (Å²) < 4.78 is 4.60. The van der Waals surface area contributed by atoms with Crippen molar-refractivity contribution in [1.29, 1.82) is 0 Å². The zero-order chi connectivity index (χ0) is 10.6. The third-order valence-corrected chi connectivity index (χ3v) is 2.25. The number of methoxy groups -OCH3 is 1. The summed E-state index contributed by atoms with van der Waals surface area (Å²) in [5, 5.41) is 2.56. The van der Waals surface area contributed by atoms with Crippen LogP contribution in [0.2, 0.25) is 0 Å². The monoisotopic (exact) mass is 197 g/mol. The number of nitrogens with one attached hydrogen (secondary N) is 1. The maximum Gasteiger partial charge on any atom is 0.328 e. The smallest absolute Gasteiger partial charge is 0.328 e. The number of carbonyl (C=O) groups is 2. The summed E-state index contributed by atoms with van der Waals surface area (Å²) in [6.45, 7) is 3.33. The van der Waals surface area contributed by atoms with Gasteiger partial charge in [-0.2, -0.15) is 0 Å². The second-order valence-electron chi connectivity index (χ2n) is 3.47. The largest absolute Gasteiger partial charge is 0.467 e. The quantitative estimate of drug-likeness (QED) is 0.519. The van der Waals surface area contributed by atoms with Crippen LogP contribution in [0.1, 0.15) is 19.3 Å². The highest BCUT2D eigenvalue weighted by atomic mass is 16.5. The molecule has 0 unspecified atom stereocenters. The number of ether oxygens (including phenoxy) is 1. The van der Waals surface area contributed by atoms with E-state index in [1.54, 1.807) is 0 Å². The van der Waals surface area contributed by atoms with Crippen molar-refractivity contribution in [2.45, 2.75) is 25.3 Å². The molecule has 0 bridgehead atoms. The van der Waals surface area contributed by atoms with Crippen LogP contribution in [0.15, 0.2) is 12.7 Å². The predicted octanol–water partition coefficient (Wildman–Crippen LogP) is 0.630. The number of hydrogen-bond acceptors (Lipinski definition) is 3. The minimum Gasteiger partial charge on any atom is -0.467 e. The lowest BCUT2D eigenvalue weighted by atomic mass is 10.1. The molecular formula is C10H15NO3. The van der Waals surface area contributed by atoms with Crippen molar-refractivity contribution in [2.24, 2.45) is 5.92 Å². The number of carbonyl (C=O) groups excluding carboxylic acids is 2. The van der Waals surface area contributed by atoms with E-state index in [2.05, 4.69) is 16.6 Å². The maximum atomic E-state index is 11.3. The first-order valence-corrected chi connectivity index (χ1v) is 4.68. The number of rotatable bonds is 5. The standard InChI is InChI=1S/C10H15NO3/c1-3-9(12)11-8(10(13)14-2)6-7-4-5-7/h3,7-8H,1,4-6H2,2H3,(H,11,12)/t8-/m0/s1. The Hall–Kier alpha value is -1.32. The summed E-state index contributed by atoms with van der Waals surface area (Å²) in [4.78, 5) is 22.3. The van der Waals surface area contributed by atoms with Gasteiger partial charge in [0.2, 0.25) is 5.91 Å². The van der Waals surface area contributed by atoms with E-state index in [0.29, 0.717) is 12.3 Å². The SMILES string of the molecule is C=CC(=O)N[C@@H](CC1CC1)C(=O)OC. The van der Waals surface area contributed by atoms with E-state index in [-0.39, 0.29) is 11.9 Å². The Labute approximate surface area is 83.3 Å². The molecule has 0 aliphatic heterocycles. The van der Waals surface area contributed by atoms with Crippen LogP contribution < -0.4 is 5.32 Å². The highest BCUT2D eigenvalue weighted by Crippen LogP contribution is 2.33. The fourth-order valence-electron chi connectivity index (χ4n) is 1.27. The van der Waals surface area contributed by atoms with Gasteiger partial charge in [-0.25, -0.2) is 4.79 Å². The lowest BCUT2D eigenvalue weighted by Gasteiger charge is -2.14. The zero-order valence-electron chi connectivity index (χ0n) is 8.29. The van der Waals surface area contributed by atoms with Crippen molar-refractivity contribution in [2.75, 3.05) is 7.11 Å². The number of hydrogen-bond donors (Lipinski definition) is 1. The van der Waals surface area contributed by atoms with Gasteiger partial charge in [-0.1, -0.05) is 19.4 Å². The van der Waals surface area contributed by atoms with Gasteiger partial charge in [-0.15, -0.1) is 0 Å². The van der Waals surface area contributed by atoms with Crippen molar-refractivity contribution in [1.82, 2.24) is 5.32 Å². The van der Waals surface area contributed by atoms with E-state index in [0.717, 1.165) is 18.9 Å². The minimum absolute atomic E-state index is 0.332. The molecule has 0 aromatic carbocycles. The minimum atomic E-state index is -0.516. The second-order valence-corrected chi connectivity index (χ2v) is 3.47. The first-order valence-electron chi connectivity index (χ1n) is 4.68. The Balaban J connectivity index is 2.45. The predicted molar refractivity (Wildman–Crippen MR) is 51.5 cm³/mol. The van der Waals surface area contributed by atoms with Gasteiger partial charge in [0.25, 0.3) is 0 Å². The van der Waals surface area contributed by atoms with Crippen molar-refractivity contribution in [3.05, 3.63) is 12.7 Å². The fourth-order valence-corrected chi connectivity index (χ4v) is 1.27. The molecule has 1 rings (SSSR count). The van der Waals surface area contributed by atoms with Crippen LogP contribution in [0.25, 0.3) is 0 Å². The average molecular weight is 197 g/mol. The van der Waals surface area contributed by atoms with Gasteiger partial charge >= 0.3 is 5.97 Å². The lowest BCUT2D eigenvalue weighted by molar-refractivity contribution is -0.144. The highest BCUT2D eigenvalue weighted by Gasteiger charge is 2.30. The highest BCUT2D eigenvalue weighted by molar-refractivity contribution is 5.91. The first-order chi connectivity index (χ1) is 6.67. The van der Waals surface area contributed by atoms with Gasteiger partial charge in [-0.3, -0.25) is 4.79 Å². The van der Waals surface area contributed by atoms with Crippen LogP contribution in [-0.4, -0.2) is 25.0 Å². The third kappa shape index (κ3) is 3.20. The Bertz CT molecular complexity index is 246. The molecule has 0 aromatic heterocycles. The van der Waals surface area contributed by atoms with E-state index < -0.39 is 6.04 Å². The van der Waals surface area contributed by atoms with Crippen LogP contribution >= 0.6 is 0 Å². The molecule has 1 N–H and O–H groups in total. The molecule has 0 saturated heterocycles. The number of amides is 1. The van der Waals surface area contributed by atoms with Crippen molar-refractivity contribution >= 4 is 11.9 Å². The van der Waals surface area contributed by atoms with Crippen LogP contribution in [0, 0.1) is 5.92 Å². The molecule has 1 saturated carbocycles. The van der Waals surface area contributed by atoms with Crippen LogP contribution in [-0.2, 0) is 14.3 Å². The molecule has 78 valence electrons. The molecule has 0 spiro atoms. The molecule has 1 aliphatic carbocycles. The average Bonchev–Trinajstić information content (AvgIpc) is 2.99. The normalized spacial score (nSPS) is 16.9. The molecule has 1 atom stereocenters. The van der Waals surface area contributed by atoms with Crippen LogP contribution in [0.5, 0.6) is 0 Å². The summed E-state index contributed by atoms with van der Waals surface area (Å²) in [5.41, 5.74) is 0. The van der Waals surface area contributed by atoms with Gasteiger partial charge < -0.3 is 10.1 Å². The van der Waals surface area contributed by atoms with Crippen molar-refractivity contribution in [3.63, 3.8) is 0 Å². The van der Waals surface area contributed by atoms with E-state index in [9.17, 15) is 9.59 Å². The van der Waals surface area contributed by atoms with Gasteiger partial charge in [0.05, 0.1) is 7.11 Å². The van der Waals surface area contributed by atoms with Crippen LogP contribution in [0.4, 0.5) is 0 Å². The van der Waals surface area contributed by atoms with Gasteiger partial charge in [0, 0.05) is 0 Å². The first kappa shape index (κ1) is 10.8. The van der Waals surface area contributed by atoms with E-state index in [4.69, 9.17) is 0 Å². The summed E-state index contributed by atoms with van der Waals surface area (Å²) in [5.74, 6) is -0.155. The molecule has 0 radical (unpaired) electrons. The van der Waals surface area contributed by atoms with Gasteiger partial charge in [0.1, 0.15) is 6.04 Å². The van der Waals surface area contributed by atoms with Gasteiger partial charge in [0.15, 0.2) is 0 Å². The second kappa shape index (κ2) is 4.79. The summed E-state index contributed by atoms with van der Waals surface area (Å²) >= 11 is 0. The molecule has 0 aromatic rings. The summed E-state index contributed by atoms with van der Waals surface area (Å²) in [7, 11) is 1.32. The van der Waals surface area contributed by atoms with Crippen molar-refractivity contribution in [3.8, 4) is 0 Å². The molecule has 14 heavy (non-hydrogen) atoms. The van der Waals surface area contributed by atoms with E-state index >= 15 is 0 Å². The Kier molecular flexibility index (Phi) is 3.68. The Morgan fingerprint density at radius 2 is 2.29 bits per heavy atom. The zero-order valence-corrected chi connectivity index (χ0v) is 8.29. The van der Waals surface area contributed by atoms with E-state index in [1.165, 1.54) is 7.11 Å². The molecule has 1 fully saturated rings. The summed E-state index contributed by atoms with van der Waals surface area (Å²) in [6.07, 6.45) is 4.10. The molecule has 4 heteroatoms. The van der Waals surface area contributed by atoms with Crippen molar-refractivity contribution < 1.29 is 14.3 Å². The van der Waals surface area contributed by atoms with Gasteiger partial charge in [-0.05, 0) is 18.4 Å². The Morgan fingerprint density at radius 3 is 2.71 bits per heavy atom. The van der Waals surface area contributed by atoms with Crippen LogP contribution in [0.3, 0.4) is 0 Å².